The van der Waals surface area contributed by atoms with Crippen LogP contribution in [0.3, 0.4) is 0 Å². The van der Waals surface area contributed by atoms with E-state index in [1.165, 1.54) is 4.90 Å². The average molecular weight is 286 g/mol. The number of rotatable bonds is 6. The maximum atomic E-state index is 12.1. The SMILES string of the molecule is C#CCN(C(=O)CCNC(C)C)C1CCS(=O)(=O)C1. The molecule has 0 aliphatic carbocycles. The molecule has 5 nitrogen and oxygen atoms in total. The Morgan fingerprint density at radius 1 is 1.53 bits per heavy atom. The van der Waals surface area contributed by atoms with E-state index in [2.05, 4.69) is 11.2 Å². The van der Waals surface area contributed by atoms with Gasteiger partial charge in [0.1, 0.15) is 0 Å². The van der Waals surface area contributed by atoms with Crippen molar-refractivity contribution in [2.24, 2.45) is 0 Å². The van der Waals surface area contributed by atoms with Crippen LogP contribution in [0.1, 0.15) is 26.7 Å². The number of carbonyl (C=O) groups is 1. The van der Waals surface area contributed by atoms with Crippen molar-refractivity contribution in [1.82, 2.24) is 10.2 Å². The summed E-state index contributed by atoms with van der Waals surface area (Å²) in [5.41, 5.74) is 0. The molecule has 1 atom stereocenters. The predicted octanol–water partition coefficient (Wildman–Crippen LogP) is 0.0234. The summed E-state index contributed by atoms with van der Waals surface area (Å²) >= 11 is 0. The molecule has 1 fully saturated rings. The summed E-state index contributed by atoms with van der Waals surface area (Å²) in [6, 6.07) is 0.0633. The lowest BCUT2D eigenvalue weighted by Gasteiger charge is -2.26. The maximum absolute atomic E-state index is 12.1. The maximum Gasteiger partial charge on any atom is 0.224 e. The Balaban J connectivity index is 2.57. The third kappa shape index (κ3) is 5.21. The Bertz CT molecular complexity index is 451. The van der Waals surface area contributed by atoms with Crippen LogP contribution in [-0.4, -0.2) is 55.9 Å². The van der Waals surface area contributed by atoms with Crippen molar-refractivity contribution in [2.45, 2.75) is 38.8 Å². The smallest absolute Gasteiger partial charge is 0.224 e. The molecule has 0 aromatic heterocycles. The number of nitrogens with zero attached hydrogens (tertiary/aromatic N) is 1. The molecule has 1 aliphatic rings. The number of sulfone groups is 1. The molecule has 1 aliphatic heterocycles. The summed E-state index contributed by atoms with van der Waals surface area (Å²) in [6.07, 6.45) is 6.11. The third-order valence-electron chi connectivity index (χ3n) is 3.12. The van der Waals surface area contributed by atoms with Crippen LogP contribution in [0.2, 0.25) is 0 Å². The summed E-state index contributed by atoms with van der Waals surface area (Å²) in [4.78, 5) is 13.6. The van der Waals surface area contributed by atoms with E-state index in [1.807, 2.05) is 13.8 Å². The van der Waals surface area contributed by atoms with Gasteiger partial charge in [-0.1, -0.05) is 19.8 Å². The van der Waals surface area contributed by atoms with E-state index >= 15 is 0 Å². The molecule has 1 unspecified atom stereocenters. The second-order valence-corrected chi connectivity index (χ2v) is 7.37. The van der Waals surface area contributed by atoms with Gasteiger partial charge in [0.05, 0.1) is 18.1 Å². The second kappa shape index (κ2) is 6.92. The molecule has 0 aromatic carbocycles. The van der Waals surface area contributed by atoms with Gasteiger partial charge in [-0.05, 0) is 6.42 Å². The van der Waals surface area contributed by atoms with Gasteiger partial charge in [0, 0.05) is 25.0 Å². The molecule has 1 heterocycles. The molecule has 0 radical (unpaired) electrons. The summed E-state index contributed by atoms with van der Waals surface area (Å²) in [5.74, 6) is 2.56. The lowest BCUT2D eigenvalue weighted by molar-refractivity contribution is -0.132. The summed E-state index contributed by atoms with van der Waals surface area (Å²) in [5, 5.41) is 3.16. The Kier molecular flexibility index (Phi) is 5.83. The Morgan fingerprint density at radius 3 is 2.68 bits per heavy atom. The van der Waals surface area contributed by atoms with Gasteiger partial charge in [0.2, 0.25) is 5.91 Å². The first-order chi connectivity index (χ1) is 8.85. The van der Waals surface area contributed by atoms with E-state index < -0.39 is 9.84 Å². The van der Waals surface area contributed by atoms with Crippen LogP contribution in [0.5, 0.6) is 0 Å². The standard InChI is InChI=1S/C13H22N2O3S/c1-4-8-15(12-6-9-19(17,18)10-12)13(16)5-7-14-11(2)3/h1,11-12,14H,5-10H2,2-3H3. The first kappa shape index (κ1) is 16.0. The van der Waals surface area contributed by atoms with Crippen molar-refractivity contribution in [3.8, 4) is 12.3 Å². The minimum Gasteiger partial charge on any atom is -0.327 e. The average Bonchev–Trinajstić information content (AvgIpc) is 2.65. The number of hydrogen-bond donors (Lipinski definition) is 1. The van der Waals surface area contributed by atoms with Gasteiger partial charge in [-0.3, -0.25) is 4.79 Å². The van der Waals surface area contributed by atoms with Gasteiger partial charge in [-0.25, -0.2) is 8.42 Å². The minimum absolute atomic E-state index is 0.0397. The zero-order chi connectivity index (χ0) is 14.5. The lowest BCUT2D eigenvalue weighted by Crippen LogP contribution is -2.42. The predicted molar refractivity (Wildman–Crippen MR) is 75.4 cm³/mol. The van der Waals surface area contributed by atoms with Gasteiger partial charge in [0.25, 0.3) is 0 Å². The van der Waals surface area contributed by atoms with E-state index in [9.17, 15) is 13.2 Å². The van der Waals surface area contributed by atoms with Crippen LogP contribution in [0, 0.1) is 12.3 Å². The summed E-state index contributed by atoms with van der Waals surface area (Å²) < 4.78 is 22.9. The molecule has 108 valence electrons. The lowest BCUT2D eigenvalue weighted by atomic mass is 10.2. The minimum atomic E-state index is -3.00. The van der Waals surface area contributed by atoms with Gasteiger partial charge < -0.3 is 10.2 Å². The summed E-state index contributed by atoms with van der Waals surface area (Å²) in [6.45, 7) is 4.78. The topological polar surface area (TPSA) is 66.5 Å². The highest BCUT2D eigenvalue weighted by Crippen LogP contribution is 2.18. The fraction of sp³-hybridized carbons (Fsp3) is 0.769. The van der Waals surface area contributed by atoms with Crippen molar-refractivity contribution >= 4 is 15.7 Å². The van der Waals surface area contributed by atoms with E-state index in [-0.39, 0.29) is 30.0 Å². The van der Waals surface area contributed by atoms with Crippen LogP contribution < -0.4 is 5.32 Å². The van der Waals surface area contributed by atoms with Gasteiger partial charge in [-0.15, -0.1) is 6.42 Å². The molecule has 0 aromatic rings. The first-order valence-corrected chi connectivity index (χ1v) is 8.34. The Labute approximate surface area is 115 Å². The number of carbonyl (C=O) groups excluding carboxylic acids is 1. The highest BCUT2D eigenvalue weighted by atomic mass is 32.2. The molecule has 1 N–H and O–H groups in total. The molecule has 0 saturated carbocycles. The van der Waals surface area contributed by atoms with Crippen LogP contribution in [0.4, 0.5) is 0 Å². The highest BCUT2D eigenvalue weighted by Gasteiger charge is 2.33. The molecule has 1 saturated heterocycles. The monoisotopic (exact) mass is 286 g/mol. The molecular formula is C13H22N2O3S. The van der Waals surface area contributed by atoms with Crippen molar-refractivity contribution in [3.63, 3.8) is 0 Å². The summed E-state index contributed by atoms with van der Waals surface area (Å²) in [7, 11) is -3.00. The van der Waals surface area contributed by atoms with E-state index in [4.69, 9.17) is 6.42 Å². The molecule has 1 amide bonds. The molecule has 6 heteroatoms. The van der Waals surface area contributed by atoms with Crippen LogP contribution in [0.25, 0.3) is 0 Å². The number of amides is 1. The zero-order valence-corrected chi connectivity index (χ0v) is 12.4. The van der Waals surface area contributed by atoms with E-state index in [0.29, 0.717) is 25.4 Å². The van der Waals surface area contributed by atoms with Gasteiger partial charge >= 0.3 is 0 Å². The molecule has 0 spiro atoms. The van der Waals surface area contributed by atoms with Crippen molar-refractivity contribution in [2.75, 3.05) is 24.6 Å². The Morgan fingerprint density at radius 2 is 2.21 bits per heavy atom. The number of nitrogens with one attached hydrogen (secondary N) is 1. The normalized spacial score (nSPS) is 21.3. The van der Waals surface area contributed by atoms with Crippen molar-refractivity contribution in [3.05, 3.63) is 0 Å². The molecule has 0 bridgehead atoms. The second-order valence-electron chi connectivity index (χ2n) is 5.14. The number of terminal acetylenes is 1. The number of hydrogen-bond acceptors (Lipinski definition) is 4. The van der Waals surface area contributed by atoms with Crippen LogP contribution in [0.15, 0.2) is 0 Å². The van der Waals surface area contributed by atoms with Gasteiger partial charge in [0.15, 0.2) is 9.84 Å². The zero-order valence-electron chi connectivity index (χ0n) is 11.6. The van der Waals surface area contributed by atoms with E-state index in [0.717, 1.165) is 0 Å². The third-order valence-corrected chi connectivity index (χ3v) is 4.87. The van der Waals surface area contributed by atoms with Gasteiger partial charge in [-0.2, -0.15) is 0 Å². The molecule has 1 rings (SSSR count). The molecular weight excluding hydrogens is 264 g/mol. The largest absolute Gasteiger partial charge is 0.327 e. The van der Waals surface area contributed by atoms with Crippen LogP contribution in [-0.2, 0) is 14.6 Å². The fourth-order valence-corrected chi connectivity index (χ4v) is 3.88. The Hall–Kier alpha value is -1.06. The van der Waals surface area contributed by atoms with Crippen LogP contribution >= 0.6 is 0 Å². The van der Waals surface area contributed by atoms with Crippen molar-refractivity contribution in [1.29, 1.82) is 0 Å². The fourth-order valence-electron chi connectivity index (χ4n) is 2.15. The molecule has 19 heavy (non-hydrogen) atoms. The van der Waals surface area contributed by atoms with Crippen molar-refractivity contribution < 1.29 is 13.2 Å². The highest BCUT2D eigenvalue weighted by molar-refractivity contribution is 7.91. The first-order valence-electron chi connectivity index (χ1n) is 6.52. The van der Waals surface area contributed by atoms with E-state index in [1.54, 1.807) is 0 Å². The quantitative estimate of drug-likeness (QED) is 0.699.